The van der Waals surface area contributed by atoms with Crippen LogP contribution < -0.4 is 15.5 Å². The molecule has 1 saturated carbocycles. The molecule has 9 heteroatoms. The van der Waals surface area contributed by atoms with E-state index in [9.17, 15) is 4.21 Å². The standard InChI is InChI=1S/C21H35N5O2S.HI/c1-4-29(27)19-7-5-6-18(13-19)25-21(22-3)24-14-17-8-9-23-20(12-17)26-10-11-28-16(2)15-26;/h8-9,12,16,18-19H,4-7,10-11,13-15H2,1-3H3,(H2,22,24,25);1H. The Morgan fingerprint density at radius 3 is 3.00 bits per heavy atom. The molecule has 0 amide bonds. The van der Waals surface area contributed by atoms with Crippen molar-refractivity contribution in [3.05, 3.63) is 23.9 Å². The van der Waals surface area contributed by atoms with Gasteiger partial charge in [0.15, 0.2) is 5.96 Å². The Hall–Kier alpha value is -0.940. The number of pyridine rings is 1. The molecule has 1 aliphatic heterocycles. The summed E-state index contributed by atoms with van der Waals surface area (Å²) in [4.78, 5) is 11.2. The van der Waals surface area contributed by atoms with Gasteiger partial charge < -0.3 is 20.3 Å². The van der Waals surface area contributed by atoms with Gasteiger partial charge in [-0.3, -0.25) is 9.20 Å². The lowest BCUT2D eigenvalue weighted by molar-refractivity contribution is 0.0529. The summed E-state index contributed by atoms with van der Waals surface area (Å²) in [6, 6.07) is 4.51. The topological polar surface area (TPSA) is 78.8 Å². The number of aromatic nitrogens is 1. The number of halogens is 1. The Morgan fingerprint density at radius 1 is 1.43 bits per heavy atom. The van der Waals surface area contributed by atoms with Crippen molar-refractivity contribution in [3.8, 4) is 0 Å². The molecule has 2 N–H and O–H groups in total. The molecule has 4 unspecified atom stereocenters. The minimum absolute atomic E-state index is 0. The average molecular weight is 550 g/mol. The third-order valence-corrected chi connectivity index (χ3v) is 7.42. The van der Waals surface area contributed by atoms with Crippen LogP contribution in [0.3, 0.4) is 0 Å². The Balaban J connectivity index is 0.00000320. The van der Waals surface area contributed by atoms with Gasteiger partial charge in [-0.05, 0) is 43.9 Å². The molecule has 2 heterocycles. The van der Waals surface area contributed by atoms with Crippen LogP contribution in [0.5, 0.6) is 0 Å². The van der Waals surface area contributed by atoms with E-state index in [1.54, 1.807) is 7.05 Å². The lowest BCUT2D eigenvalue weighted by Crippen LogP contribution is -2.46. The molecule has 1 aliphatic carbocycles. The number of ether oxygens (including phenoxy) is 1. The summed E-state index contributed by atoms with van der Waals surface area (Å²) < 4.78 is 17.8. The summed E-state index contributed by atoms with van der Waals surface area (Å²) in [7, 11) is 1.09. The summed E-state index contributed by atoms with van der Waals surface area (Å²) >= 11 is 0. The van der Waals surface area contributed by atoms with Crippen molar-refractivity contribution in [1.29, 1.82) is 0 Å². The fourth-order valence-corrected chi connectivity index (χ4v) is 5.44. The fraction of sp³-hybridized carbons (Fsp3) is 0.714. The van der Waals surface area contributed by atoms with Gasteiger partial charge in [-0.25, -0.2) is 4.98 Å². The van der Waals surface area contributed by atoms with Crippen LogP contribution in [-0.4, -0.2) is 65.0 Å². The number of morpholine rings is 1. The van der Waals surface area contributed by atoms with Gasteiger partial charge in [0, 0.05) is 60.7 Å². The molecule has 1 aromatic rings. The molecule has 170 valence electrons. The van der Waals surface area contributed by atoms with Gasteiger partial charge in [-0.2, -0.15) is 0 Å². The van der Waals surface area contributed by atoms with Crippen LogP contribution in [0, 0.1) is 0 Å². The van der Waals surface area contributed by atoms with E-state index in [-0.39, 0.29) is 30.1 Å². The molecule has 2 aliphatic rings. The average Bonchev–Trinajstić information content (AvgIpc) is 2.76. The molecule has 2 fully saturated rings. The van der Waals surface area contributed by atoms with Crippen LogP contribution in [0.15, 0.2) is 23.3 Å². The Morgan fingerprint density at radius 2 is 2.27 bits per heavy atom. The molecule has 0 spiro atoms. The third kappa shape index (κ3) is 7.33. The summed E-state index contributed by atoms with van der Waals surface area (Å²) in [5.41, 5.74) is 1.17. The molecule has 0 bridgehead atoms. The molecule has 4 atom stereocenters. The molecule has 1 aromatic heterocycles. The Kier molecular flexibility index (Phi) is 10.8. The zero-order chi connectivity index (χ0) is 20.6. The molecule has 30 heavy (non-hydrogen) atoms. The van der Waals surface area contributed by atoms with E-state index in [4.69, 9.17) is 4.74 Å². The molecule has 0 radical (unpaired) electrons. The van der Waals surface area contributed by atoms with Crippen molar-refractivity contribution in [2.24, 2.45) is 4.99 Å². The minimum atomic E-state index is -0.713. The zero-order valence-corrected chi connectivity index (χ0v) is 21.4. The highest BCUT2D eigenvalue weighted by Gasteiger charge is 2.26. The monoisotopic (exact) mass is 549 g/mol. The van der Waals surface area contributed by atoms with Crippen molar-refractivity contribution < 1.29 is 8.95 Å². The van der Waals surface area contributed by atoms with E-state index in [1.807, 2.05) is 19.2 Å². The Labute approximate surface area is 200 Å². The second kappa shape index (κ2) is 12.8. The predicted octanol–water partition coefficient (Wildman–Crippen LogP) is 2.67. The first-order chi connectivity index (χ1) is 14.1. The number of nitrogens with one attached hydrogen (secondary N) is 2. The lowest BCUT2D eigenvalue weighted by atomic mass is 9.95. The van der Waals surface area contributed by atoms with Gasteiger partial charge in [-0.15, -0.1) is 24.0 Å². The van der Waals surface area contributed by atoms with E-state index in [0.717, 1.165) is 62.9 Å². The van der Waals surface area contributed by atoms with Crippen LogP contribution in [0.4, 0.5) is 5.82 Å². The van der Waals surface area contributed by atoms with Gasteiger partial charge in [0.2, 0.25) is 0 Å². The first-order valence-corrected chi connectivity index (χ1v) is 12.1. The number of rotatable bonds is 6. The summed E-state index contributed by atoms with van der Waals surface area (Å²) in [6.45, 7) is 7.28. The zero-order valence-electron chi connectivity index (χ0n) is 18.3. The minimum Gasteiger partial charge on any atom is -0.375 e. The number of aliphatic imine (C=N–C) groups is 1. The van der Waals surface area contributed by atoms with E-state index in [1.165, 1.54) is 5.56 Å². The molecular formula is C21H36IN5O2S. The lowest BCUT2D eigenvalue weighted by Gasteiger charge is -2.32. The van der Waals surface area contributed by atoms with Gasteiger partial charge in [0.1, 0.15) is 5.82 Å². The van der Waals surface area contributed by atoms with Crippen molar-refractivity contribution in [3.63, 3.8) is 0 Å². The third-order valence-electron chi connectivity index (χ3n) is 5.68. The molecule has 0 aromatic carbocycles. The SMILES string of the molecule is CCS(=O)C1CCCC(NC(=NC)NCc2ccnc(N3CCOC(C)C3)c2)C1.I. The second-order valence-electron chi connectivity index (χ2n) is 7.87. The number of nitrogens with zero attached hydrogens (tertiary/aromatic N) is 3. The molecular weight excluding hydrogens is 513 g/mol. The van der Waals surface area contributed by atoms with E-state index < -0.39 is 10.8 Å². The van der Waals surface area contributed by atoms with Crippen LogP contribution in [0.25, 0.3) is 0 Å². The quantitative estimate of drug-likeness (QED) is 0.323. The number of guanidine groups is 1. The smallest absolute Gasteiger partial charge is 0.191 e. The maximum atomic E-state index is 12.2. The van der Waals surface area contributed by atoms with E-state index >= 15 is 0 Å². The molecule has 7 nitrogen and oxygen atoms in total. The van der Waals surface area contributed by atoms with E-state index in [0.29, 0.717) is 17.8 Å². The van der Waals surface area contributed by atoms with Gasteiger partial charge >= 0.3 is 0 Å². The largest absolute Gasteiger partial charge is 0.375 e. The number of hydrogen-bond donors (Lipinski definition) is 2. The van der Waals surface area contributed by atoms with Crippen LogP contribution in [0.1, 0.15) is 45.1 Å². The van der Waals surface area contributed by atoms with Crippen molar-refractivity contribution in [2.45, 2.75) is 63.5 Å². The van der Waals surface area contributed by atoms with Crippen LogP contribution >= 0.6 is 24.0 Å². The maximum Gasteiger partial charge on any atom is 0.191 e. The summed E-state index contributed by atoms with van der Waals surface area (Å²) in [5.74, 6) is 2.55. The van der Waals surface area contributed by atoms with Crippen molar-refractivity contribution >= 4 is 46.6 Å². The summed E-state index contributed by atoms with van der Waals surface area (Å²) in [6.07, 6.45) is 6.36. The van der Waals surface area contributed by atoms with Crippen molar-refractivity contribution in [1.82, 2.24) is 15.6 Å². The Bertz CT molecular complexity index is 720. The van der Waals surface area contributed by atoms with Crippen LogP contribution in [0.2, 0.25) is 0 Å². The normalized spacial score (nSPS) is 25.9. The predicted molar refractivity (Wildman–Crippen MR) is 135 cm³/mol. The summed E-state index contributed by atoms with van der Waals surface area (Å²) in [5, 5.41) is 7.26. The maximum absolute atomic E-state index is 12.2. The van der Waals surface area contributed by atoms with Gasteiger partial charge in [-0.1, -0.05) is 13.3 Å². The molecule has 1 saturated heterocycles. The first-order valence-electron chi connectivity index (χ1n) is 10.7. The molecule has 3 rings (SSSR count). The van der Waals surface area contributed by atoms with E-state index in [2.05, 4.69) is 38.5 Å². The second-order valence-corrected chi connectivity index (χ2v) is 9.88. The fourth-order valence-electron chi connectivity index (χ4n) is 4.09. The first kappa shape index (κ1) is 25.3. The highest BCUT2D eigenvalue weighted by molar-refractivity contribution is 14.0. The van der Waals surface area contributed by atoms with Crippen molar-refractivity contribution in [2.75, 3.05) is 37.4 Å². The van der Waals surface area contributed by atoms with Gasteiger partial charge in [0.05, 0.1) is 12.7 Å². The number of hydrogen-bond acceptors (Lipinski definition) is 5. The highest BCUT2D eigenvalue weighted by Crippen LogP contribution is 2.23. The van der Waals surface area contributed by atoms with Gasteiger partial charge in [0.25, 0.3) is 0 Å². The highest BCUT2D eigenvalue weighted by atomic mass is 127. The van der Waals surface area contributed by atoms with Crippen LogP contribution in [-0.2, 0) is 22.1 Å². The number of anilines is 1.